The van der Waals surface area contributed by atoms with Crippen LogP contribution in [0.5, 0.6) is 0 Å². The lowest BCUT2D eigenvalue weighted by atomic mass is 10.1. The van der Waals surface area contributed by atoms with E-state index in [2.05, 4.69) is 0 Å². The zero-order valence-corrected chi connectivity index (χ0v) is 11.8. The summed E-state index contributed by atoms with van der Waals surface area (Å²) in [7, 11) is -4.68. The number of benzene rings is 1. The summed E-state index contributed by atoms with van der Waals surface area (Å²) >= 11 is 5.74. The minimum atomic E-state index is -4.77. The van der Waals surface area contributed by atoms with Gasteiger partial charge in [0.2, 0.25) is 0 Å². The summed E-state index contributed by atoms with van der Waals surface area (Å²) < 4.78 is 61.6. The molecule has 0 bridgehead atoms. The van der Waals surface area contributed by atoms with Gasteiger partial charge >= 0.3 is 12.1 Å². The van der Waals surface area contributed by atoms with E-state index in [1.54, 1.807) is 4.72 Å². The molecule has 0 spiro atoms. The van der Waals surface area contributed by atoms with E-state index in [1.165, 1.54) is 29.0 Å². The van der Waals surface area contributed by atoms with Gasteiger partial charge in [-0.05, 0) is 11.6 Å². The number of aliphatic carboxylic acids is 1. The first kappa shape index (κ1) is 17.7. The largest absolute Gasteiger partial charge is 0.480 e. The van der Waals surface area contributed by atoms with Gasteiger partial charge in [-0.15, -0.1) is 0 Å². The fourth-order valence-electron chi connectivity index (χ4n) is 1.33. The molecule has 118 valence electrons. The topological polar surface area (TPSA) is 95.5 Å². The van der Waals surface area contributed by atoms with Gasteiger partial charge in [0.25, 0.3) is 10.2 Å². The van der Waals surface area contributed by atoms with Crippen molar-refractivity contribution in [2.24, 2.45) is 0 Å². The van der Waals surface area contributed by atoms with Crippen LogP contribution in [0.4, 0.5) is 13.2 Å². The number of halogens is 4. The molecule has 1 aromatic rings. The van der Waals surface area contributed by atoms with Crippen molar-refractivity contribution >= 4 is 27.8 Å². The van der Waals surface area contributed by atoms with E-state index in [9.17, 15) is 26.4 Å². The summed E-state index contributed by atoms with van der Waals surface area (Å²) in [6.07, 6.45) is -4.77. The molecule has 0 saturated heterocycles. The molecule has 0 saturated carbocycles. The number of carbonyl (C=O) groups is 1. The Morgan fingerprint density at radius 2 is 1.90 bits per heavy atom. The van der Waals surface area contributed by atoms with Gasteiger partial charge in [-0.1, -0.05) is 29.8 Å². The lowest BCUT2D eigenvalue weighted by Gasteiger charge is -2.17. The smallest absolute Gasteiger partial charge is 0.402 e. The number of alkyl halides is 3. The monoisotopic (exact) mass is 346 g/mol. The van der Waals surface area contributed by atoms with Crippen molar-refractivity contribution in [3.05, 3.63) is 34.9 Å². The Labute approximate surface area is 123 Å². The average Bonchev–Trinajstić information content (AvgIpc) is 2.34. The minimum absolute atomic E-state index is 0.0385. The second-order valence-corrected chi connectivity index (χ2v) is 5.79. The zero-order chi connectivity index (χ0) is 16.3. The number of hydrogen-bond acceptors (Lipinski definition) is 3. The summed E-state index contributed by atoms with van der Waals surface area (Å²) in [6.45, 7) is -1.82. The van der Waals surface area contributed by atoms with Crippen LogP contribution >= 0.6 is 11.6 Å². The second-order valence-electron chi connectivity index (χ2n) is 3.85. The first-order chi connectivity index (χ1) is 9.52. The van der Waals surface area contributed by atoms with Crippen LogP contribution in [0.25, 0.3) is 0 Å². The van der Waals surface area contributed by atoms with E-state index in [4.69, 9.17) is 16.7 Å². The molecule has 0 amide bonds. The highest BCUT2D eigenvalue weighted by Crippen LogP contribution is 2.23. The maximum atomic E-state index is 12.0. The summed E-state index contributed by atoms with van der Waals surface area (Å²) in [5.74, 6) is -1.61. The summed E-state index contributed by atoms with van der Waals surface area (Å²) in [5.41, 5.74) is -0.0935. The van der Waals surface area contributed by atoms with Crippen LogP contribution in [0, 0.1) is 0 Å². The molecule has 3 N–H and O–H groups in total. The lowest BCUT2D eigenvalue weighted by Crippen LogP contribution is -2.44. The van der Waals surface area contributed by atoms with Crippen molar-refractivity contribution in [1.29, 1.82) is 0 Å². The van der Waals surface area contributed by atoms with Crippen molar-refractivity contribution in [3.8, 4) is 0 Å². The van der Waals surface area contributed by atoms with Gasteiger partial charge in [0.1, 0.15) is 12.6 Å². The molecule has 1 rings (SSSR count). The van der Waals surface area contributed by atoms with E-state index < -0.39 is 34.9 Å². The van der Waals surface area contributed by atoms with Crippen LogP contribution in [-0.2, 0) is 15.0 Å². The molecule has 0 aliphatic heterocycles. The van der Waals surface area contributed by atoms with Gasteiger partial charge in [-0.2, -0.15) is 31.0 Å². The third-order valence-electron chi connectivity index (χ3n) is 2.20. The molecule has 0 aromatic heterocycles. The maximum Gasteiger partial charge on any atom is 0.402 e. The molecule has 0 heterocycles. The third-order valence-corrected chi connectivity index (χ3v) is 3.61. The molecular formula is C10H10ClF3N2O4S. The fourth-order valence-corrected chi connectivity index (χ4v) is 2.55. The SMILES string of the molecule is O=C(O)[C@H](NS(=O)(=O)NCC(F)(F)F)c1ccccc1Cl. The van der Waals surface area contributed by atoms with Crippen LogP contribution in [0.2, 0.25) is 5.02 Å². The molecule has 11 heteroatoms. The van der Waals surface area contributed by atoms with E-state index >= 15 is 0 Å². The molecule has 6 nitrogen and oxygen atoms in total. The highest BCUT2D eigenvalue weighted by atomic mass is 35.5. The van der Waals surface area contributed by atoms with Gasteiger partial charge < -0.3 is 5.11 Å². The molecule has 0 unspecified atom stereocenters. The van der Waals surface area contributed by atoms with Gasteiger partial charge in [-0.25, -0.2) is 0 Å². The average molecular weight is 347 g/mol. The van der Waals surface area contributed by atoms with Gasteiger partial charge in [-0.3, -0.25) is 4.79 Å². The first-order valence-corrected chi connectivity index (χ1v) is 7.19. The van der Waals surface area contributed by atoms with E-state index in [0.29, 0.717) is 0 Å². The van der Waals surface area contributed by atoms with Crippen molar-refractivity contribution in [1.82, 2.24) is 9.44 Å². The molecule has 0 aliphatic carbocycles. The summed E-state index contributed by atoms with van der Waals surface area (Å²) in [6, 6.07) is 3.65. The first-order valence-electron chi connectivity index (χ1n) is 5.33. The van der Waals surface area contributed by atoms with Crippen molar-refractivity contribution in [2.45, 2.75) is 12.2 Å². The lowest BCUT2D eigenvalue weighted by molar-refractivity contribution is -0.139. The number of hydrogen-bond donors (Lipinski definition) is 3. The number of carboxylic acid groups (broad SMARTS) is 1. The molecule has 21 heavy (non-hydrogen) atoms. The Balaban J connectivity index is 2.95. The molecular weight excluding hydrogens is 337 g/mol. The van der Waals surface area contributed by atoms with E-state index in [-0.39, 0.29) is 10.6 Å². The van der Waals surface area contributed by atoms with Crippen LogP contribution in [0.3, 0.4) is 0 Å². The van der Waals surface area contributed by atoms with Crippen molar-refractivity contribution in [3.63, 3.8) is 0 Å². The van der Waals surface area contributed by atoms with Crippen LogP contribution in [-0.4, -0.2) is 32.2 Å². The molecule has 0 aliphatic rings. The Kier molecular flexibility index (Phi) is 5.56. The summed E-state index contributed by atoms with van der Waals surface area (Å²) in [4.78, 5) is 11.1. The normalized spacial score (nSPS) is 13.9. The highest BCUT2D eigenvalue weighted by Gasteiger charge is 2.32. The van der Waals surface area contributed by atoms with Crippen LogP contribution in [0.15, 0.2) is 24.3 Å². The zero-order valence-electron chi connectivity index (χ0n) is 10.2. The number of nitrogens with one attached hydrogen (secondary N) is 2. The van der Waals surface area contributed by atoms with Crippen LogP contribution in [0.1, 0.15) is 11.6 Å². The maximum absolute atomic E-state index is 12.0. The fraction of sp³-hybridized carbons (Fsp3) is 0.300. The Morgan fingerprint density at radius 1 is 1.33 bits per heavy atom. The molecule has 1 aromatic carbocycles. The number of carboxylic acids is 1. The predicted octanol–water partition coefficient (Wildman–Crippen LogP) is 1.45. The Hall–Kier alpha value is -1.36. The quantitative estimate of drug-likeness (QED) is 0.726. The Morgan fingerprint density at radius 3 is 2.38 bits per heavy atom. The standard InChI is InChI=1S/C10H10ClF3N2O4S/c11-7-4-2-1-3-6(7)8(9(17)18)16-21(19,20)15-5-10(12,13)14/h1-4,8,15-16H,5H2,(H,17,18)/t8-/m1/s1. The third kappa shape index (κ3) is 5.87. The summed E-state index contributed by atoms with van der Waals surface area (Å²) in [5, 5.41) is 8.97. The van der Waals surface area contributed by atoms with E-state index in [1.807, 2.05) is 0 Å². The minimum Gasteiger partial charge on any atom is -0.480 e. The number of rotatable bonds is 6. The van der Waals surface area contributed by atoms with Crippen LogP contribution < -0.4 is 9.44 Å². The van der Waals surface area contributed by atoms with Gasteiger partial charge in [0.15, 0.2) is 0 Å². The van der Waals surface area contributed by atoms with Crippen molar-refractivity contribution in [2.75, 3.05) is 6.54 Å². The highest BCUT2D eigenvalue weighted by molar-refractivity contribution is 7.87. The van der Waals surface area contributed by atoms with Gasteiger partial charge in [0.05, 0.1) is 0 Å². The Bertz CT molecular complexity index is 621. The van der Waals surface area contributed by atoms with E-state index in [0.717, 1.165) is 0 Å². The molecule has 0 fully saturated rings. The molecule has 0 radical (unpaired) electrons. The molecule has 1 atom stereocenters. The van der Waals surface area contributed by atoms with Crippen molar-refractivity contribution < 1.29 is 31.5 Å². The van der Waals surface area contributed by atoms with Gasteiger partial charge in [0, 0.05) is 5.02 Å². The predicted molar refractivity (Wildman–Crippen MR) is 67.9 cm³/mol. The second kappa shape index (κ2) is 6.60.